The molecule has 0 radical (unpaired) electrons. The van der Waals surface area contributed by atoms with E-state index in [-0.39, 0.29) is 12.3 Å². The van der Waals surface area contributed by atoms with Crippen LogP contribution in [-0.2, 0) is 16.6 Å². The smallest absolute Gasteiger partial charge is 0.225 e. The van der Waals surface area contributed by atoms with Crippen LogP contribution in [-0.4, -0.2) is 37.2 Å². The number of aryl methyl sites for hydroxylation is 1. The first-order valence-electron chi connectivity index (χ1n) is 7.07. The number of sulfonamides is 1. The largest absolute Gasteiger partial charge is 0.341 e. The zero-order valence-corrected chi connectivity index (χ0v) is 12.9. The van der Waals surface area contributed by atoms with E-state index < -0.39 is 10.0 Å². The van der Waals surface area contributed by atoms with Gasteiger partial charge in [-0.2, -0.15) is 0 Å². The second kappa shape index (κ2) is 6.49. The average molecular weight is 298 g/mol. The minimum atomic E-state index is -3.19. The van der Waals surface area contributed by atoms with Crippen molar-refractivity contribution in [3.63, 3.8) is 0 Å². The molecule has 1 fully saturated rings. The Balaban J connectivity index is 2.11. The summed E-state index contributed by atoms with van der Waals surface area (Å²) in [7, 11) is -3.19. The molecule has 112 valence electrons. The molecule has 1 saturated heterocycles. The molecule has 2 heterocycles. The SMILES string of the molecule is CCS(=O)(=O)NCc1cc(C)nc(N2CCCCC2)n1. The Hall–Kier alpha value is -1.21. The summed E-state index contributed by atoms with van der Waals surface area (Å²) in [5, 5.41) is 0. The van der Waals surface area contributed by atoms with Gasteiger partial charge in [-0.05, 0) is 39.2 Å². The molecule has 0 unspecified atom stereocenters. The summed E-state index contributed by atoms with van der Waals surface area (Å²) >= 11 is 0. The molecule has 1 aliphatic heterocycles. The fourth-order valence-electron chi connectivity index (χ4n) is 2.23. The predicted octanol–water partition coefficient (Wildman–Crippen LogP) is 1.21. The first-order chi connectivity index (χ1) is 9.50. The number of anilines is 1. The van der Waals surface area contributed by atoms with Crippen molar-refractivity contribution in [1.29, 1.82) is 0 Å². The molecule has 0 aliphatic carbocycles. The van der Waals surface area contributed by atoms with Crippen molar-refractivity contribution < 1.29 is 8.42 Å². The van der Waals surface area contributed by atoms with E-state index in [1.165, 1.54) is 6.42 Å². The predicted molar refractivity (Wildman–Crippen MR) is 79.1 cm³/mol. The molecule has 0 spiro atoms. The maximum Gasteiger partial charge on any atom is 0.225 e. The lowest BCUT2D eigenvalue weighted by molar-refractivity contribution is 0.565. The van der Waals surface area contributed by atoms with Crippen molar-refractivity contribution >= 4 is 16.0 Å². The maximum atomic E-state index is 11.5. The van der Waals surface area contributed by atoms with Crippen LogP contribution < -0.4 is 9.62 Å². The zero-order valence-electron chi connectivity index (χ0n) is 12.1. The molecule has 6 nitrogen and oxygen atoms in total. The summed E-state index contributed by atoms with van der Waals surface area (Å²) in [6.45, 7) is 5.70. The lowest BCUT2D eigenvalue weighted by atomic mass is 10.1. The van der Waals surface area contributed by atoms with Gasteiger partial charge in [0.2, 0.25) is 16.0 Å². The molecule has 0 saturated carbocycles. The quantitative estimate of drug-likeness (QED) is 0.884. The molecule has 0 atom stereocenters. The lowest BCUT2D eigenvalue weighted by Crippen LogP contribution is -2.32. The van der Waals surface area contributed by atoms with Crippen molar-refractivity contribution in [2.45, 2.75) is 39.7 Å². The highest BCUT2D eigenvalue weighted by Gasteiger charge is 2.15. The van der Waals surface area contributed by atoms with E-state index in [0.717, 1.165) is 43.3 Å². The Morgan fingerprint density at radius 3 is 2.60 bits per heavy atom. The minimum absolute atomic E-state index is 0.0794. The number of hydrogen-bond donors (Lipinski definition) is 1. The molecule has 0 amide bonds. The molecule has 0 bridgehead atoms. The molecular weight excluding hydrogens is 276 g/mol. The minimum Gasteiger partial charge on any atom is -0.341 e. The third-order valence-corrected chi connectivity index (χ3v) is 4.73. The standard InChI is InChI=1S/C13H22N4O2S/c1-3-20(18,19)14-10-12-9-11(2)15-13(16-12)17-7-5-4-6-8-17/h9,14H,3-8,10H2,1-2H3. The van der Waals surface area contributed by atoms with Crippen molar-refractivity contribution in [2.24, 2.45) is 0 Å². The number of piperidine rings is 1. The van der Waals surface area contributed by atoms with Gasteiger partial charge in [0.15, 0.2) is 0 Å². The summed E-state index contributed by atoms with van der Waals surface area (Å²) in [6.07, 6.45) is 3.58. The number of hydrogen-bond acceptors (Lipinski definition) is 5. The highest BCUT2D eigenvalue weighted by atomic mass is 32.2. The van der Waals surface area contributed by atoms with Crippen LogP contribution in [0.4, 0.5) is 5.95 Å². The zero-order chi connectivity index (χ0) is 14.6. The Morgan fingerprint density at radius 1 is 1.25 bits per heavy atom. The van der Waals surface area contributed by atoms with Crippen LogP contribution in [0.3, 0.4) is 0 Å². The first kappa shape index (κ1) is 15.2. The number of rotatable bonds is 5. The summed E-state index contributed by atoms with van der Waals surface area (Å²) in [6, 6.07) is 1.83. The van der Waals surface area contributed by atoms with Crippen LogP contribution in [0.1, 0.15) is 37.6 Å². The lowest BCUT2D eigenvalue weighted by Gasteiger charge is -2.27. The summed E-state index contributed by atoms with van der Waals surface area (Å²) < 4.78 is 25.5. The molecule has 2 rings (SSSR count). The van der Waals surface area contributed by atoms with Crippen LogP contribution in [0.2, 0.25) is 0 Å². The monoisotopic (exact) mass is 298 g/mol. The van der Waals surface area contributed by atoms with Crippen LogP contribution in [0.25, 0.3) is 0 Å². The summed E-state index contributed by atoms with van der Waals surface area (Å²) in [4.78, 5) is 11.1. The highest BCUT2D eigenvalue weighted by molar-refractivity contribution is 7.89. The van der Waals surface area contributed by atoms with E-state index in [2.05, 4.69) is 19.6 Å². The van der Waals surface area contributed by atoms with Crippen LogP contribution in [0.15, 0.2) is 6.07 Å². The van der Waals surface area contributed by atoms with Crippen molar-refractivity contribution in [1.82, 2.24) is 14.7 Å². The Labute approximate surface area is 120 Å². The third kappa shape index (κ3) is 4.14. The van der Waals surface area contributed by atoms with Crippen molar-refractivity contribution in [3.8, 4) is 0 Å². The van der Waals surface area contributed by atoms with Gasteiger partial charge in [0.25, 0.3) is 0 Å². The Bertz CT molecular complexity index is 553. The van der Waals surface area contributed by atoms with Gasteiger partial charge < -0.3 is 4.90 Å². The number of aromatic nitrogens is 2. The van der Waals surface area contributed by atoms with E-state index in [4.69, 9.17) is 0 Å². The third-order valence-electron chi connectivity index (χ3n) is 3.39. The van der Waals surface area contributed by atoms with Gasteiger partial charge in [-0.1, -0.05) is 0 Å². The van der Waals surface area contributed by atoms with Crippen molar-refractivity contribution in [2.75, 3.05) is 23.7 Å². The highest BCUT2D eigenvalue weighted by Crippen LogP contribution is 2.16. The van der Waals surface area contributed by atoms with Gasteiger partial charge in [0, 0.05) is 18.8 Å². The molecule has 0 aromatic carbocycles. The van der Waals surface area contributed by atoms with Gasteiger partial charge >= 0.3 is 0 Å². The Kier molecular flexibility index (Phi) is 4.93. The van der Waals surface area contributed by atoms with E-state index >= 15 is 0 Å². The van der Waals surface area contributed by atoms with Crippen LogP contribution in [0.5, 0.6) is 0 Å². The fourth-order valence-corrected chi connectivity index (χ4v) is 2.80. The van der Waals surface area contributed by atoms with E-state index in [1.54, 1.807) is 6.92 Å². The summed E-state index contributed by atoms with van der Waals surface area (Å²) in [5.41, 5.74) is 1.58. The topological polar surface area (TPSA) is 75.2 Å². The Morgan fingerprint density at radius 2 is 1.95 bits per heavy atom. The van der Waals surface area contributed by atoms with Crippen LogP contribution >= 0.6 is 0 Å². The first-order valence-corrected chi connectivity index (χ1v) is 8.72. The molecule has 20 heavy (non-hydrogen) atoms. The molecule has 7 heteroatoms. The maximum absolute atomic E-state index is 11.5. The fraction of sp³-hybridized carbons (Fsp3) is 0.692. The molecule has 1 aromatic heterocycles. The number of nitrogens with one attached hydrogen (secondary N) is 1. The van der Waals surface area contributed by atoms with Gasteiger partial charge in [0.05, 0.1) is 18.0 Å². The van der Waals surface area contributed by atoms with Crippen molar-refractivity contribution in [3.05, 3.63) is 17.5 Å². The average Bonchev–Trinajstić information content (AvgIpc) is 2.46. The van der Waals surface area contributed by atoms with E-state index in [1.807, 2.05) is 13.0 Å². The normalized spacial score (nSPS) is 16.4. The molecular formula is C13H22N4O2S. The van der Waals surface area contributed by atoms with Gasteiger partial charge in [-0.25, -0.2) is 23.1 Å². The van der Waals surface area contributed by atoms with E-state index in [9.17, 15) is 8.42 Å². The van der Waals surface area contributed by atoms with Gasteiger partial charge in [-0.15, -0.1) is 0 Å². The summed E-state index contributed by atoms with van der Waals surface area (Å²) in [5.74, 6) is 0.797. The number of nitrogens with zero attached hydrogens (tertiary/aromatic N) is 3. The van der Waals surface area contributed by atoms with E-state index in [0.29, 0.717) is 0 Å². The molecule has 1 aliphatic rings. The second-order valence-electron chi connectivity index (χ2n) is 5.07. The van der Waals surface area contributed by atoms with Crippen LogP contribution in [0, 0.1) is 6.92 Å². The molecule has 1 N–H and O–H groups in total. The van der Waals surface area contributed by atoms with Gasteiger partial charge in [0.1, 0.15) is 0 Å². The second-order valence-corrected chi connectivity index (χ2v) is 7.17. The van der Waals surface area contributed by atoms with Gasteiger partial charge in [-0.3, -0.25) is 0 Å². The molecule has 1 aromatic rings.